The van der Waals surface area contributed by atoms with Gasteiger partial charge in [0.15, 0.2) is 5.82 Å². The molecule has 1 fully saturated rings. The molecule has 1 saturated heterocycles. The number of carboxylic acid groups (broad SMARTS) is 1. The van der Waals surface area contributed by atoms with Crippen LogP contribution in [0, 0.1) is 5.82 Å². The predicted octanol–water partition coefficient (Wildman–Crippen LogP) is 4.04. The monoisotopic (exact) mass is 636 g/mol. The molecule has 0 saturated carbocycles. The molecule has 0 aliphatic carbocycles. The topological polar surface area (TPSA) is 154 Å². The first kappa shape index (κ1) is 31.8. The quantitative estimate of drug-likeness (QED) is 0.163. The molecule has 11 nitrogen and oxygen atoms in total. The van der Waals surface area contributed by atoms with Crippen LogP contribution in [-0.4, -0.2) is 60.6 Å². The number of nitrogens with zero attached hydrogens (tertiary/aromatic N) is 3. The summed E-state index contributed by atoms with van der Waals surface area (Å²) in [4.78, 5) is 42.7. The number of hydrogen-bond acceptors (Lipinski definition) is 8. The van der Waals surface area contributed by atoms with Gasteiger partial charge in [0.05, 0.1) is 28.6 Å². The summed E-state index contributed by atoms with van der Waals surface area (Å²) in [7, 11) is 1.71. The van der Waals surface area contributed by atoms with Crippen molar-refractivity contribution in [2.45, 2.75) is 31.4 Å². The molecule has 6 N–H and O–H groups in total. The molecular weight excluding hydrogens is 603 g/mol. The molecule has 45 heavy (non-hydrogen) atoms. The van der Waals surface area contributed by atoms with E-state index >= 15 is 0 Å². The maximum Gasteiger partial charge on any atom is 0.335 e. The Labute approximate surface area is 264 Å². The van der Waals surface area contributed by atoms with Gasteiger partial charge in [-0.2, -0.15) is 0 Å². The number of aromatic carboxylic acids is 1. The number of fused-ring (bicyclic) bond motifs is 1. The Morgan fingerprint density at radius 2 is 1.76 bits per heavy atom. The van der Waals surface area contributed by atoms with Crippen molar-refractivity contribution < 1.29 is 28.6 Å². The zero-order chi connectivity index (χ0) is 32.2. The Kier molecular flexibility index (Phi) is 9.57. The molecule has 236 valence electrons. The normalized spacial score (nSPS) is 17.1. The molecule has 0 aromatic heterocycles. The fraction of sp³-hybridized carbons (Fsp3) is 0.281. The van der Waals surface area contributed by atoms with E-state index in [0.717, 1.165) is 48.4 Å². The molecular formula is C32H34ClFN6O5. The number of anilines is 3. The maximum atomic E-state index is 14.6. The summed E-state index contributed by atoms with van der Waals surface area (Å²) in [6.45, 7) is 1.73. The van der Waals surface area contributed by atoms with E-state index in [1.165, 1.54) is 47.4 Å². The minimum atomic E-state index is -1.10. The van der Waals surface area contributed by atoms with E-state index in [2.05, 4.69) is 10.2 Å². The summed E-state index contributed by atoms with van der Waals surface area (Å²) < 4.78 is 20.1. The number of methoxy groups -OCH3 is 1. The first-order valence-electron chi connectivity index (χ1n) is 14.4. The lowest BCUT2D eigenvalue weighted by atomic mass is 9.89. The minimum absolute atomic E-state index is 0.0649. The predicted molar refractivity (Wildman–Crippen MR) is 169 cm³/mol. The molecule has 1 unspecified atom stereocenters. The Balaban J connectivity index is 1.48. The number of piperidine rings is 1. The number of hydrogen-bond donors (Lipinski definition) is 4. The SMILES string of the molecule is COC1CCN(c2cccc3c2CCN(C(=O)/C(N)=C/N(N)c2cccc(Cl)c2F)C3C(=O)Nc2ccc(C(=O)O)cc2)CC1. The summed E-state index contributed by atoms with van der Waals surface area (Å²) in [5, 5.41) is 12.8. The van der Waals surface area contributed by atoms with Crippen LogP contribution in [0.4, 0.5) is 21.5 Å². The van der Waals surface area contributed by atoms with Crippen molar-refractivity contribution >= 4 is 46.4 Å². The van der Waals surface area contributed by atoms with Gasteiger partial charge in [0.25, 0.3) is 11.8 Å². The van der Waals surface area contributed by atoms with Crippen LogP contribution in [0.5, 0.6) is 0 Å². The Bertz CT molecular complexity index is 1630. The van der Waals surface area contributed by atoms with Crippen molar-refractivity contribution in [3.63, 3.8) is 0 Å². The number of carbonyl (C=O) groups is 3. The molecule has 2 amide bonds. The molecule has 2 aliphatic rings. The van der Waals surface area contributed by atoms with Crippen molar-refractivity contribution in [2.75, 3.05) is 42.0 Å². The number of nitrogens with two attached hydrogens (primary N) is 2. The Morgan fingerprint density at radius 1 is 1.07 bits per heavy atom. The fourth-order valence-corrected chi connectivity index (χ4v) is 5.99. The van der Waals surface area contributed by atoms with Crippen LogP contribution in [-0.2, 0) is 20.7 Å². The first-order chi connectivity index (χ1) is 21.6. The van der Waals surface area contributed by atoms with Crippen molar-refractivity contribution in [1.29, 1.82) is 0 Å². The van der Waals surface area contributed by atoms with Crippen LogP contribution >= 0.6 is 11.6 Å². The molecule has 3 aromatic rings. The highest BCUT2D eigenvalue weighted by Crippen LogP contribution is 2.38. The Hall–Kier alpha value is -4.65. The van der Waals surface area contributed by atoms with E-state index in [0.29, 0.717) is 17.7 Å². The highest BCUT2D eigenvalue weighted by molar-refractivity contribution is 6.31. The van der Waals surface area contributed by atoms with Gasteiger partial charge < -0.3 is 30.7 Å². The average molecular weight is 637 g/mol. The lowest BCUT2D eigenvalue weighted by Gasteiger charge is -2.40. The van der Waals surface area contributed by atoms with E-state index in [9.17, 15) is 23.9 Å². The number of carboxylic acids is 1. The van der Waals surface area contributed by atoms with Crippen LogP contribution in [0.25, 0.3) is 0 Å². The number of hydrazine groups is 1. The minimum Gasteiger partial charge on any atom is -0.478 e. The van der Waals surface area contributed by atoms with Crippen LogP contribution in [0.1, 0.15) is 40.4 Å². The van der Waals surface area contributed by atoms with Crippen LogP contribution in [0.15, 0.2) is 72.6 Å². The second-order valence-corrected chi connectivity index (χ2v) is 11.3. The largest absolute Gasteiger partial charge is 0.478 e. The zero-order valence-electron chi connectivity index (χ0n) is 24.6. The standard InChI is InChI=1S/C32H34ClFN6O5/c1-45-21-12-15-38(16-13-21)26-6-2-4-23-22(26)14-17-39(29(23)30(41)37-20-10-8-19(9-11-20)32(43)44)31(42)25(35)18-40(36)27-7-3-5-24(33)28(27)34/h2-11,18,21,29H,12-17,35-36H2,1H3,(H,37,41)(H,43,44)/b25-18-. The number of halogens is 2. The summed E-state index contributed by atoms with van der Waals surface area (Å²) in [5.74, 6) is 2.97. The van der Waals surface area contributed by atoms with Crippen LogP contribution < -0.4 is 26.8 Å². The fourth-order valence-electron chi connectivity index (χ4n) is 5.82. The third-order valence-corrected chi connectivity index (χ3v) is 8.45. The van der Waals surface area contributed by atoms with Gasteiger partial charge in [-0.1, -0.05) is 29.8 Å². The average Bonchev–Trinajstić information content (AvgIpc) is 3.04. The van der Waals surface area contributed by atoms with E-state index in [1.807, 2.05) is 18.2 Å². The molecule has 1 atom stereocenters. The van der Waals surface area contributed by atoms with Crippen molar-refractivity contribution in [2.24, 2.45) is 11.6 Å². The molecule has 0 spiro atoms. The molecule has 5 rings (SSSR count). The van der Waals surface area contributed by atoms with Crippen LogP contribution in [0.3, 0.4) is 0 Å². The highest BCUT2D eigenvalue weighted by atomic mass is 35.5. The van der Waals surface area contributed by atoms with Gasteiger partial charge >= 0.3 is 5.97 Å². The van der Waals surface area contributed by atoms with Gasteiger partial charge in [0.1, 0.15) is 11.7 Å². The second-order valence-electron chi connectivity index (χ2n) is 10.9. The van der Waals surface area contributed by atoms with Gasteiger partial charge in [0.2, 0.25) is 0 Å². The lowest BCUT2D eigenvalue weighted by Crippen LogP contribution is -2.48. The molecule has 13 heteroatoms. The third kappa shape index (κ3) is 6.72. The summed E-state index contributed by atoms with van der Waals surface area (Å²) >= 11 is 5.89. The molecule has 0 bridgehead atoms. The smallest absolute Gasteiger partial charge is 0.335 e. The van der Waals surface area contributed by atoms with Crippen LogP contribution in [0.2, 0.25) is 5.02 Å². The molecule has 2 heterocycles. The number of amides is 2. The Morgan fingerprint density at radius 3 is 2.42 bits per heavy atom. The van der Waals surface area contributed by atoms with Gasteiger partial charge in [-0.25, -0.2) is 15.0 Å². The van der Waals surface area contributed by atoms with Gasteiger partial charge in [-0.3, -0.25) is 14.6 Å². The first-order valence-corrected chi connectivity index (χ1v) is 14.8. The van der Waals surface area contributed by atoms with Gasteiger partial charge in [-0.15, -0.1) is 0 Å². The summed E-state index contributed by atoms with van der Waals surface area (Å²) in [6.07, 6.45) is 3.47. The van der Waals surface area contributed by atoms with E-state index in [-0.39, 0.29) is 34.6 Å². The van der Waals surface area contributed by atoms with E-state index in [4.69, 9.17) is 27.9 Å². The molecule has 3 aromatic carbocycles. The number of carbonyl (C=O) groups excluding carboxylic acids is 2. The zero-order valence-corrected chi connectivity index (χ0v) is 25.3. The molecule has 0 radical (unpaired) electrons. The number of benzene rings is 3. The summed E-state index contributed by atoms with van der Waals surface area (Å²) in [5.41, 5.74) is 8.80. The highest BCUT2D eigenvalue weighted by Gasteiger charge is 2.38. The van der Waals surface area contributed by atoms with Crippen molar-refractivity contribution in [3.05, 3.63) is 100 Å². The lowest BCUT2D eigenvalue weighted by molar-refractivity contribution is -0.136. The maximum absolute atomic E-state index is 14.6. The van der Waals surface area contributed by atoms with Gasteiger partial charge in [0, 0.05) is 38.1 Å². The van der Waals surface area contributed by atoms with Gasteiger partial charge in [-0.05, 0) is 72.9 Å². The second kappa shape index (κ2) is 13.6. The number of nitrogens with one attached hydrogen (secondary N) is 1. The third-order valence-electron chi connectivity index (χ3n) is 8.16. The summed E-state index contributed by atoms with van der Waals surface area (Å²) in [6, 6.07) is 14.6. The number of ether oxygens (including phenoxy) is 1. The number of rotatable bonds is 8. The molecule has 2 aliphatic heterocycles. The van der Waals surface area contributed by atoms with E-state index in [1.54, 1.807) is 7.11 Å². The van der Waals surface area contributed by atoms with Crippen molar-refractivity contribution in [3.8, 4) is 0 Å². The van der Waals surface area contributed by atoms with Crippen molar-refractivity contribution in [1.82, 2.24) is 4.90 Å². The van der Waals surface area contributed by atoms with E-state index < -0.39 is 29.6 Å².